The van der Waals surface area contributed by atoms with Crippen molar-refractivity contribution in [2.24, 2.45) is 5.92 Å². The number of hydrogen-bond donors (Lipinski definition) is 6. The number of amides is 4. The van der Waals surface area contributed by atoms with Gasteiger partial charge in [0.25, 0.3) is 0 Å². The van der Waals surface area contributed by atoms with Crippen molar-refractivity contribution in [2.45, 2.75) is 432 Å². The van der Waals surface area contributed by atoms with E-state index in [0.717, 1.165) is 135 Å². The molecule has 6 N–H and O–H groups in total. The van der Waals surface area contributed by atoms with Gasteiger partial charge in [-0.25, -0.2) is 9.13 Å². The van der Waals surface area contributed by atoms with E-state index in [1.807, 2.05) is 6.92 Å². The first-order valence-corrected chi connectivity index (χ1v) is 51.3. The third kappa shape index (κ3) is 77.4. The molecule has 702 valence electrons. The summed E-state index contributed by atoms with van der Waals surface area (Å²) in [4.78, 5) is 103. The third-order valence-electron chi connectivity index (χ3n) is 21.4. The topological polar surface area (TPSA) is 308 Å². The Balaban J connectivity index is -0.0000180. The Hall–Kier alpha value is -2.54. The Morgan fingerprint density at radius 3 is 1.02 bits per heavy atom. The minimum atomic E-state index is -4.83. The molecule has 0 bridgehead atoms. The summed E-state index contributed by atoms with van der Waals surface area (Å²) in [7, 11) is -9.66. The summed E-state index contributed by atoms with van der Waals surface area (Å²) in [6.07, 6.45) is 62.2. The molecule has 0 aliphatic heterocycles. The molecule has 27 heteroatoms. The summed E-state index contributed by atoms with van der Waals surface area (Å²) in [6.45, 7) is 13.3. The van der Waals surface area contributed by atoms with E-state index in [2.05, 4.69) is 87.1 Å². The van der Waals surface area contributed by atoms with Gasteiger partial charge in [-0.05, 0) is 120 Å². The van der Waals surface area contributed by atoms with Crippen LogP contribution in [0.3, 0.4) is 0 Å². The fourth-order valence-electron chi connectivity index (χ4n) is 14.0. The number of ether oxygens (including phenoxy) is 5. The first-order chi connectivity index (χ1) is 58.3. The largest absolute Gasteiger partial charge is 1.00 e. The molecule has 0 aliphatic carbocycles. The van der Waals surface area contributed by atoms with Crippen molar-refractivity contribution in [3.05, 3.63) is 54.1 Å². The maximum absolute atomic E-state index is 14.1. The Morgan fingerprint density at radius 1 is 0.361 bits per heavy atom. The number of rotatable bonds is 89. The van der Waals surface area contributed by atoms with Gasteiger partial charge in [0, 0.05) is 51.6 Å². The summed E-state index contributed by atoms with van der Waals surface area (Å²) in [5, 5.41) is 11.1. The monoisotopic (exact) mass is 1790 g/mol. The van der Waals surface area contributed by atoms with Gasteiger partial charge in [0.15, 0.2) is 0 Å². The summed E-state index contributed by atoms with van der Waals surface area (Å²) in [5.74, 6) is -3.28. The van der Waals surface area contributed by atoms with Crippen LogP contribution in [0.15, 0.2) is 48.6 Å². The molecule has 1 aromatic rings. The molecule has 0 aliphatic rings. The van der Waals surface area contributed by atoms with Crippen LogP contribution in [-0.4, -0.2) is 142 Å². The second-order valence-electron chi connectivity index (χ2n) is 32.9. The molecule has 0 saturated carbocycles. The van der Waals surface area contributed by atoms with Crippen molar-refractivity contribution in [2.75, 3.05) is 72.6 Å². The average Bonchev–Trinajstić information content (AvgIpc) is 0.872. The van der Waals surface area contributed by atoms with Crippen LogP contribution in [0, 0.1) is 5.92 Å². The van der Waals surface area contributed by atoms with Crippen LogP contribution in [0.4, 0.5) is 0 Å². The van der Waals surface area contributed by atoms with Crippen molar-refractivity contribution >= 4 is 51.2 Å². The number of carbonyl (C=O) groups excluding carboxylic acids is 6. The molecule has 0 saturated heterocycles. The molecule has 0 heterocycles. The zero-order chi connectivity index (χ0) is 87.7. The molecular weight excluding hydrogens is 1610 g/mol. The smallest absolute Gasteiger partial charge is 1.00 e. The standard InChI is InChI=1S/C95H174N4O19P2.2Na.2H/c1-8-15-21-27-31-35-37-41-43-49-55-61-90(100)98-84(79-110-74-69-87(59-53-47-25-19-12-5)117-92(102)63-57-51-45-39-33-29-23-17-10-3)81-115-119(106,107)113-76-71-96-94(104)89(78-83-65-67-86(68-66-83)112-73-14-7)95(105)97-72-77-114-120(108,109)116-82-85(99-91(101)62-56-50-44-42-38-36-32-28-22-16-9-2)80-111-75-70-88(60-54-48-26-20-13-6)118-93(103)64-58-52-46-40-34-30-24-18-11-4;;;;/h39-40,45-46,65-68,84-85,87-89H,8-38,41-44,47-64,69-82H2,1-7H3,(H,96,104)(H,97,105)(H,98,100)(H,99,101)(H,106,107)(H,108,109);;;;/q;2*+1;2*-1/b45-39-,46-40-;;;;/t84?,85?,87-,88-,89?;;;;/m1..../s1. The van der Waals surface area contributed by atoms with Gasteiger partial charge in [-0.3, -0.25) is 46.9 Å². The zero-order valence-corrected chi connectivity index (χ0v) is 84.4. The number of phosphoric acid groups is 2. The zero-order valence-electron chi connectivity index (χ0n) is 80.6. The van der Waals surface area contributed by atoms with E-state index in [1.54, 1.807) is 24.3 Å². The Bertz CT molecular complexity index is 2660. The normalized spacial score (nSPS) is 13.7. The molecule has 1 rings (SSSR count). The van der Waals surface area contributed by atoms with Gasteiger partial charge < -0.3 is 57.6 Å². The molecule has 122 heavy (non-hydrogen) atoms. The predicted molar refractivity (Wildman–Crippen MR) is 488 cm³/mol. The van der Waals surface area contributed by atoms with Crippen molar-refractivity contribution in [1.29, 1.82) is 0 Å². The first-order valence-electron chi connectivity index (χ1n) is 48.3. The van der Waals surface area contributed by atoms with E-state index in [1.165, 1.54) is 141 Å². The maximum Gasteiger partial charge on any atom is 1.00 e. The summed E-state index contributed by atoms with van der Waals surface area (Å²) in [6, 6.07) is 5.21. The second kappa shape index (κ2) is 87.8. The third-order valence-corrected chi connectivity index (χ3v) is 23.3. The molecule has 0 fully saturated rings. The average molecular weight is 1790 g/mol. The van der Waals surface area contributed by atoms with Crippen molar-refractivity contribution in [3.63, 3.8) is 0 Å². The number of allylic oxidation sites excluding steroid dienone is 4. The van der Waals surface area contributed by atoms with Crippen LogP contribution < -0.4 is 85.1 Å². The number of esters is 2. The summed E-state index contributed by atoms with van der Waals surface area (Å²) < 4.78 is 78.8. The van der Waals surface area contributed by atoms with Crippen LogP contribution >= 0.6 is 15.6 Å². The van der Waals surface area contributed by atoms with Crippen LogP contribution in [-0.2, 0) is 81.4 Å². The second-order valence-corrected chi connectivity index (χ2v) is 35.8. The Labute approximate surface area is 788 Å². The van der Waals surface area contributed by atoms with Crippen molar-refractivity contribution < 1.29 is 151 Å². The SMILES string of the molecule is CCCCCC/C=C\CCCC(=O)O[C@H](CCCCCCC)CCOCC(COP(=O)(O)OCCNC(=O)C(Cc1ccc(OCCC)cc1)C(=O)NCCOP(=O)(O)OCC(COCC[C@@H](CCCCCCC)OC(=O)CCC/C=C\CCCCCC)NC(=O)CCCCCCCCCCCCC)NC(=O)CCCCCCCCCCCCC.[H-].[H-].[Na+].[Na+]. The predicted octanol–water partition coefficient (Wildman–Crippen LogP) is 17.5. The Kier molecular flexibility index (Phi) is 87.4. The number of phosphoric ester groups is 2. The van der Waals surface area contributed by atoms with Crippen LogP contribution in [0.25, 0.3) is 0 Å². The van der Waals surface area contributed by atoms with Gasteiger partial charge in [0.2, 0.25) is 23.6 Å². The molecule has 4 unspecified atom stereocenters. The molecule has 0 spiro atoms. The van der Waals surface area contributed by atoms with Gasteiger partial charge in [-0.15, -0.1) is 0 Å². The van der Waals surface area contributed by atoms with Gasteiger partial charge in [-0.1, -0.05) is 303 Å². The summed E-state index contributed by atoms with van der Waals surface area (Å²) in [5.41, 5.74) is 0.606. The minimum Gasteiger partial charge on any atom is -1.00 e. The number of nitrogens with one attached hydrogen (secondary N) is 4. The quantitative estimate of drug-likeness (QED) is 0.00881. The number of carbonyl (C=O) groups is 6. The summed E-state index contributed by atoms with van der Waals surface area (Å²) >= 11 is 0. The number of hydrogen-bond acceptors (Lipinski definition) is 17. The fraction of sp³-hybridized carbons (Fsp3) is 0.832. The molecule has 6 atom stereocenters. The van der Waals surface area contributed by atoms with Gasteiger partial charge in [0.1, 0.15) is 23.9 Å². The van der Waals surface area contributed by atoms with E-state index in [0.29, 0.717) is 82.1 Å². The van der Waals surface area contributed by atoms with Crippen LogP contribution in [0.1, 0.15) is 410 Å². The Morgan fingerprint density at radius 2 is 0.680 bits per heavy atom. The van der Waals surface area contributed by atoms with Crippen molar-refractivity contribution in [3.8, 4) is 5.75 Å². The van der Waals surface area contributed by atoms with Gasteiger partial charge in [0.05, 0.1) is 71.5 Å². The van der Waals surface area contributed by atoms with Gasteiger partial charge >= 0.3 is 86.7 Å². The molecule has 4 amide bonds. The number of unbranched alkanes of at least 4 members (excludes halogenated alkanes) is 38. The molecule has 23 nitrogen and oxygen atoms in total. The van der Waals surface area contributed by atoms with E-state index in [4.69, 9.17) is 41.8 Å². The van der Waals surface area contributed by atoms with E-state index in [-0.39, 0.29) is 157 Å². The van der Waals surface area contributed by atoms with E-state index >= 15 is 0 Å². The fourth-order valence-corrected chi connectivity index (χ4v) is 15.6. The van der Waals surface area contributed by atoms with E-state index < -0.39 is 71.9 Å². The minimum absolute atomic E-state index is 0. The van der Waals surface area contributed by atoms with E-state index in [9.17, 15) is 47.7 Å². The molecule has 0 aromatic heterocycles. The van der Waals surface area contributed by atoms with Gasteiger partial charge in [-0.2, -0.15) is 0 Å². The van der Waals surface area contributed by atoms with Crippen LogP contribution in [0.5, 0.6) is 5.75 Å². The van der Waals surface area contributed by atoms with Crippen molar-refractivity contribution in [1.82, 2.24) is 21.3 Å². The first kappa shape index (κ1) is 122. The number of benzene rings is 1. The van der Waals surface area contributed by atoms with Crippen LogP contribution in [0.2, 0.25) is 0 Å². The molecular formula is C95H176N4Na2O19P2. The molecule has 1 aromatic carbocycles. The molecule has 0 radical (unpaired) electrons. The maximum atomic E-state index is 14.1.